The lowest BCUT2D eigenvalue weighted by atomic mass is 10.2. The maximum absolute atomic E-state index is 13.1. The topological polar surface area (TPSA) is 68.8 Å². The van der Waals surface area contributed by atoms with Crippen LogP contribution in [0.3, 0.4) is 0 Å². The summed E-state index contributed by atoms with van der Waals surface area (Å²) in [6.07, 6.45) is 1.71. The first-order valence-corrected chi connectivity index (χ1v) is 11.3. The van der Waals surface area contributed by atoms with Crippen LogP contribution in [-0.2, 0) is 16.8 Å². The molecule has 1 N–H and O–H groups in total. The van der Waals surface area contributed by atoms with Gasteiger partial charge in [0.25, 0.3) is 10.2 Å². The number of benzene rings is 1. The lowest BCUT2D eigenvalue weighted by Gasteiger charge is -2.36. The molecule has 1 aromatic carbocycles. The third-order valence-corrected chi connectivity index (χ3v) is 6.81. The molecule has 0 amide bonds. The van der Waals surface area contributed by atoms with Gasteiger partial charge in [0.2, 0.25) is 0 Å². The first-order chi connectivity index (χ1) is 13.9. The second-order valence-electron chi connectivity index (χ2n) is 6.88. The van der Waals surface area contributed by atoms with Crippen LogP contribution in [0.1, 0.15) is 19.4 Å². The lowest BCUT2D eigenvalue weighted by Crippen LogP contribution is -2.46. The first kappa shape index (κ1) is 21.5. The molecule has 0 spiro atoms. The minimum atomic E-state index is -3.48. The van der Waals surface area contributed by atoms with Crippen LogP contribution in [0.4, 0.5) is 15.9 Å². The molecular weight excluding hydrogens is 393 g/mol. The number of hydrogen-bond acceptors (Lipinski definition) is 5. The lowest BCUT2D eigenvalue weighted by molar-refractivity contribution is 0.434. The van der Waals surface area contributed by atoms with Crippen LogP contribution in [-0.4, -0.2) is 57.0 Å². The molecule has 29 heavy (non-hydrogen) atoms. The molecule has 1 fully saturated rings. The van der Waals surface area contributed by atoms with E-state index in [2.05, 4.69) is 19.5 Å². The van der Waals surface area contributed by atoms with Gasteiger partial charge in [-0.2, -0.15) is 17.4 Å². The minimum Gasteiger partial charge on any atom is -0.368 e. The summed E-state index contributed by atoms with van der Waals surface area (Å²) in [5.41, 5.74) is 1.88. The summed E-state index contributed by atoms with van der Waals surface area (Å²) >= 11 is 0. The Morgan fingerprint density at radius 1 is 1.03 bits per heavy atom. The summed E-state index contributed by atoms with van der Waals surface area (Å²) < 4.78 is 41.8. The van der Waals surface area contributed by atoms with Gasteiger partial charge in [0.15, 0.2) is 0 Å². The van der Waals surface area contributed by atoms with E-state index >= 15 is 0 Å². The molecular formula is C20H28FN5O2S. The molecule has 3 rings (SSSR count). The fraction of sp³-hybridized carbons (Fsp3) is 0.450. The van der Waals surface area contributed by atoms with Gasteiger partial charge in [-0.05, 0) is 42.0 Å². The van der Waals surface area contributed by atoms with E-state index in [-0.39, 0.29) is 12.4 Å². The van der Waals surface area contributed by atoms with Gasteiger partial charge in [-0.1, -0.05) is 13.8 Å². The van der Waals surface area contributed by atoms with Gasteiger partial charge in [-0.25, -0.2) is 9.37 Å². The van der Waals surface area contributed by atoms with Crippen molar-refractivity contribution in [1.82, 2.24) is 14.0 Å². The monoisotopic (exact) mass is 421 g/mol. The number of halogens is 1. The highest BCUT2D eigenvalue weighted by Crippen LogP contribution is 2.20. The summed E-state index contributed by atoms with van der Waals surface area (Å²) in [7, 11) is -3.48. The van der Waals surface area contributed by atoms with Crippen LogP contribution in [0.5, 0.6) is 0 Å². The summed E-state index contributed by atoms with van der Waals surface area (Å²) in [5.74, 6) is 0.605. The van der Waals surface area contributed by atoms with Crippen LogP contribution in [0.15, 0.2) is 42.6 Å². The highest BCUT2D eigenvalue weighted by atomic mass is 32.2. The number of nitrogens with one attached hydrogen (secondary N) is 1. The highest BCUT2D eigenvalue weighted by molar-refractivity contribution is 7.87. The molecule has 1 aromatic heterocycles. The van der Waals surface area contributed by atoms with Crippen molar-refractivity contribution in [2.45, 2.75) is 20.4 Å². The van der Waals surface area contributed by atoms with E-state index in [1.807, 2.05) is 26.0 Å². The van der Waals surface area contributed by atoms with Gasteiger partial charge >= 0.3 is 0 Å². The average molecular weight is 422 g/mol. The van der Waals surface area contributed by atoms with Crippen molar-refractivity contribution in [3.8, 4) is 0 Å². The fourth-order valence-electron chi connectivity index (χ4n) is 3.42. The Hall–Kier alpha value is -2.23. The SMILES string of the molecule is CCN(CC)S(=O)(=O)NCc1ccnc(N2CCN(c3ccc(F)cc3)CC2)c1. The van der Waals surface area contributed by atoms with Gasteiger partial charge in [0.05, 0.1) is 0 Å². The summed E-state index contributed by atoms with van der Waals surface area (Å²) in [6.45, 7) is 7.94. The zero-order valence-corrected chi connectivity index (χ0v) is 17.7. The maximum atomic E-state index is 13.1. The smallest absolute Gasteiger partial charge is 0.279 e. The van der Waals surface area contributed by atoms with E-state index < -0.39 is 10.2 Å². The third kappa shape index (κ3) is 5.43. The zero-order valence-electron chi connectivity index (χ0n) is 16.9. The first-order valence-electron chi connectivity index (χ1n) is 9.88. The molecule has 1 aliphatic rings. The second kappa shape index (κ2) is 9.51. The Morgan fingerprint density at radius 3 is 2.28 bits per heavy atom. The van der Waals surface area contributed by atoms with Crippen molar-refractivity contribution in [3.05, 3.63) is 54.0 Å². The Kier molecular flexibility index (Phi) is 7.05. The molecule has 1 saturated heterocycles. The van der Waals surface area contributed by atoms with Crippen LogP contribution in [0, 0.1) is 5.82 Å². The number of nitrogens with zero attached hydrogens (tertiary/aromatic N) is 4. The van der Waals surface area contributed by atoms with Crippen molar-refractivity contribution in [3.63, 3.8) is 0 Å². The van der Waals surface area contributed by atoms with Gasteiger partial charge < -0.3 is 9.80 Å². The fourth-order valence-corrected chi connectivity index (χ4v) is 4.63. The Bertz CT molecular complexity index is 895. The van der Waals surface area contributed by atoms with Gasteiger partial charge in [-0.15, -0.1) is 0 Å². The van der Waals surface area contributed by atoms with Gasteiger partial charge in [-0.3, -0.25) is 0 Å². The molecule has 0 aliphatic carbocycles. The summed E-state index contributed by atoms with van der Waals surface area (Å²) in [6, 6.07) is 10.3. The van der Waals surface area contributed by atoms with Gasteiger partial charge in [0, 0.05) is 57.7 Å². The van der Waals surface area contributed by atoms with Crippen molar-refractivity contribution >= 4 is 21.7 Å². The van der Waals surface area contributed by atoms with E-state index in [0.29, 0.717) is 13.1 Å². The predicted octanol–water partition coefficient (Wildman–Crippen LogP) is 2.22. The molecule has 158 valence electrons. The van der Waals surface area contributed by atoms with E-state index in [0.717, 1.165) is 43.2 Å². The molecule has 0 saturated carbocycles. The minimum absolute atomic E-state index is 0.226. The molecule has 7 nitrogen and oxygen atoms in total. The summed E-state index contributed by atoms with van der Waals surface area (Å²) in [4.78, 5) is 8.86. The molecule has 0 bridgehead atoms. The number of piperazine rings is 1. The Balaban J connectivity index is 1.59. The number of rotatable bonds is 8. The normalized spacial score (nSPS) is 15.2. The van der Waals surface area contributed by atoms with Crippen molar-refractivity contribution in [2.24, 2.45) is 0 Å². The molecule has 2 heterocycles. The highest BCUT2D eigenvalue weighted by Gasteiger charge is 2.20. The van der Waals surface area contributed by atoms with E-state index in [1.54, 1.807) is 18.3 Å². The van der Waals surface area contributed by atoms with E-state index in [9.17, 15) is 12.8 Å². The molecule has 0 radical (unpaired) electrons. The largest absolute Gasteiger partial charge is 0.368 e. The van der Waals surface area contributed by atoms with Crippen LogP contribution >= 0.6 is 0 Å². The predicted molar refractivity (Wildman–Crippen MR) is 114 cm³/mol. The number of pyridine rings is 1. The van der Waals surface area contributed by atoms with Crippen LogP contribution < -0.4 is 14.5 Å². The third-order valence-electron chi connectivity index (χ3n) is 5.11. The second-order valence-corrected chi connectivity index (χ2v) is 8.64. The zero-order chi connectivity index (χ0) is 20.9. The number of hydrogen-bond donors (Lipinski definition) is 1. The quantitative estimate of drug-likeness (QED) is 0.708. The number of aromatic nitrogens is 1. The van der Waals surface area contributed by atoms with Crippen molar-refractivity contribution in [2.75, 3.05) is 49.1 Å². The molecule has 0 unspecified atom stereocenters. The van der Waals surface area contributed by atoms with E-state index in [4.69, 9.17) is 0 Å². The van der Waals surface area contributed by atoms with Crippen molar-refractivity contribution < 1.29 is 12.8 Å². The molecule has 2 aromatic rings. The molecule has 0 atom stereocenters. The maximum Gasteiger partial charge on any atom is 0.279 e. The van der Waals surface area contributed by atoms with Crippen molar-refractivity contribution in [1.29, 1.82) is 0 Å². The molecule has 1 aliphatic heterocycles. The molecule has 9 heteroatoms. The van der Waals surface area contributed by atoms with Crippen LogP contribution in [0.25, 0.3) is 0 Å². The van der Waals surface area contributed by atoms with Gasteiger partial charge in [0.1, 0.15) is 11.6 Å². The van der Waals surface area contributed by atoms with Crippen LogP contribution in [0.2, 0.25) is 0 Å². The van der Waals surface area contributed by atoms with E-state index in [1.165, 1.54) is 16.4 Å². The Morgan fingerprint density at radius 2 is 1.66 bits per heavy atom. The average Bonchev–Trinajstić information content (AvgIpc) is 2.74. The number of anilines is 2. The standard InChI is InChI=1S/C20H28FN5O2S/c1-3-26(4-2)29(27,28)23-16-17-9-10-22-20(15-17)25-13-11-24(12-14-25)19-7-5-18(21)6-8-19/h5-10,15,23H,3-4,11-14,16H2,1-2H3. The summed E-state index contributed by atoms with van der Waals surface area (Å²) in [5, 5.41) is 0. The Labute approximate surface area is 172 Å².